The van der Waals surface area contributed by atoms with Crippen molar-refractivity contribution in [2.24, 2.45) is 0 Å². The molecule has 24 heavy (non-hydrogen) atoms. The predicted molar refractivity (Wildman–Crippen MR) is 93.0 cm³/mol. The highest BCUT2D eigenvalue weighted by atomic mass is 79.9. The summed E-state index contributed by atoms with van der Waals surface area (Å²) in [6.07, 6.45) is 3.79. The highest BCUT2D eigenvalue weighted by Gasteiger charge is 2.28. The van der Waals surface area contributed by atoms with Gasteiger partial charge in [-0.2, -0.15) is 0 Å². The highest BCUT2D eigenvalue weighted by molar-refractivity contribution is 9.10. The molecule has 9 heteroatoms. The van der Waals surface area contributed by atoms with Crippen molar-refractivity contribution in [3.63, 3.8) is 0 Å². The highest BCUT2D eigenvalue weighted by Crippen LogP contribution is 2.32. The van der Waals surface area contributed by atoms with Crippen LogP contribution in [0.4, 0.5) is 16.2 Å². The maximum absolute atomic E-state index is 12.1. The van der Waals surface area contributed by atoms with Gasteiger partial charge in [-0.05, 0) is 49.5 Å². The summed E-state index contributed by atoms with van der Waals surface area (Å²) in [4.78, 5) is 28.2. The summed E-state index contributed by atoms with van der Waals surface area (Å²) in [5, 5.41) is 14.3. The second-order valence-electron chi connectivity index (χ2n) is 6.66. The molecule has 0 aromatic carbocycles. The fourth-order valence-electron chi connectivity index (χ4n) is 2.44. The number of nitrogens with one attached hydrogen (secondary N) is 1. The number of hydrogen-bond donors (Lipinski definition) is 1. The zero-order valence-corrected chi connectivity index (χ0v) is 15.5. The van der Waals surface area contributed by atoms with Crippen molar-refractivity contribution in [2.75, 3.05) is 18.4 Å². The first-order chi connectivity index (χ1) is 11.2. The Balaban J connectivity index is 1.97. The first-order valence-electron chi connectivity index (χ1n) is 7.70. The lowest BCUT2D eigenvalue weighted by atomic mass is 10.0. The Morgan fingerprint density at radius 3 is 2.58 bits per heavy atom. The number of carbonyl (C=O) groups excluding carboxylic acids is 1. The van der Waals surface area contributed by atoms with E-state index in [0.29, 0.717) is 36.1 Å². The SMILES string of the molecule is CC(C)(C)OC(=O)N1CCC(Nc2c(Br)cncc2[N+](=O)[O-])CC1. The summed E-state index contributed by atoms with van der Waals surface area (Å²) in [7, 11) is 0. The van der Waals surface area contributed by atoms with E-state index in [0.717, 1.165) is 0 Å². The minimum Gasteiger partial charge on any atom is -0.444 e. The third kappa shape index (κ3) is 4.80. The summed E-state index contributed by atoms with van der Waals surface area (Å²) in [6, 6.07) is 0.0427. The molecule has 0 spiro atoms. The van der Waals surface area contributed by atoms with Gasteiger partial charge in [-0.1, -0.05) is 0 Å². The van der Waals surface area contributed by atoms with Crippen molar-refractivity contribution in [2.45, 2.75) is 45.3 Å². The average Bonchev–Trinajstić information content (AvgIpc) is 2.48. The van der Waals surface area contributed by atoms with E-state index in [2.05, 4.69) is 26.2 Å². The summed E-state index contributed by atoms with van der Waals surface area (Å²) in [6.45, 7) is 6.59. The molecule has 8 nitrogen and oxygen atoms in total. The van der Waals surface area contributed by atoms with E-state index in [1.54, 1.807) is 4.90 Å². The van der Waals surface area contributed by atoms with Crippen molar-refractivity contribution >= 4 is 33.4 Å². The zero-order valence-electron chi connectivity index (χ0n) is 13.9. The van der Waals surface area contributed by atoms with Gasteiger partial charge in [0.15, 0.2) is 0 Å². The average molecular weight is 401 g/mol. The summed E-state index contributed by atoms with van der Waals surface area (Å²) in [5.74, 6) is 0. The number of pyridine rings is 1. The number of amides is 1. The monoisotopic (exact) mass is 400 g/mol. The molecule has 0 unspecified atom stereocenters. The van der Waals surface area contributed by atoms with E-state index >= 15 is 0 Å². The first kappa shape index (κ1) is 18.4. The van der Waals surface area contributed by atoms with Crippen LogP contribution in [0.25, 0.3) is 0 Å². The molecule has 1 aromatic rings. The topological polar surface area (TPSA) is 97.6 Å². The van der Waals surface area contributed by atoms with E-state index in [-0.39, 0.29) is 17.8 Å². The molecule has 1 fully saturated rings. The van der Waals surface area contributed by atoms with E-state index in [1.165, 1.54) is 12.4 Å². The Morgan fingerprint density at radius 2 is 2.04 bits per heavy atom. The molecule has 1 aromatic heterocycles. The lowest BCUT2D eigenvalue weighted by Gasteiger charge is -2.34. The fraction of sp³-hybridized carbons (Fsp3) is 0.600. The van der Waals surface area contributed by atoms with Crippen LogP contribution in [0, 0.1) is 10.1 Å². The summed E-state index contributed by atoms with van der Waals surface area (Å²) < 4.78 is 5.91. The zero-order chi connectivity index (χ0) is 17.9. The fourth-order valence-corrected chi connectivity index (χ4v) is 2.88. The lowest BCUT2D eigenvalue weighted by Crippen LogP contribution is -2.44. The van der Waals surface area contributed by atoms with Gasteiger partial charge in [0.1, 0.15) is 17.5 Å². The Kier molecular flexibility index (Phi) is 5.63. The smallest absolute Gasteiger partial charge is 0.410 e. The van der Waals surface area contributed by atoms with E-state index in [1.807, 2.05) is 20.8 Å². The van der Waals surface area contributed by atoms with Crippen molar-refractivity contribution in [3.8, 4) is 0 Å². The van der Waals surface area contributed by atoms with Gasteiger partial charge in [-0.25, -0.2) is 4.79 Å². The summed E-state index contributed by atoms with van der Waals surface area (Å²) in [5.41, 5.74) is -0.168. The number of anilines is 1. The van der Waals surface area contributed by atoms with Crippen LogP contribution < -0.4 is 5.32 Å². The molecule has 2 heterocycles. The molecule has 0 radical (unpaired) electrons. The lowest BCUT2D eigenvalue weighted by molar-refractivity contribution is -0.384. The van der Waals surface area contributed by atoms with Gasteiger partial charge in [-0.15, -0.1) is 0 Å². The number of nitro groups is 1. The Bertz CT molecular complexity index is 624. The molecule has 1 aliphatic rings. The van der Waals surface area contributed by atoms with Crippen molar-refractivity contribution in [3.05, 3.63) is 27.0 Å². The van der Waals surface area contributed by atoms with Crippen LogP contribution in [0.2, 0.25) is 0 Å². The number of aromatic nitrogens is 1. The second-order valence-corrected chi connectivity index (χ2v) is 7.51. The molecule has 1 N–H and O–H groups in total. The van der Waals surface area contributed by atoms with Crippen molar-refractivity contribution in [1.82, 2.24) is 9.88 Å². The van der Waals surface area contributed by atoms with Gasteiger partial charge in [0.05, 0.1) is 9.40 Å². The van der Waals surface area contributed by atoms with Crippen LogP contribution >= 0.6 is 15.9 Å². The third-order valence-electron chi connectivity index (χ3n) is 3.57. The number of carbonyl (C=O) groups is 1. The Labute approximate surface area is 148 Å². The number of nitrogens with zero attached hydrogens (tertiary/aromatic N) is 3. The van der Waals surface area contributed by atoms with Gasteiger partial charge in [0.2, 0.25) is 0 Å². The van der Waals surface area contributed by atoms with Crippen LogP contribution in [-0.2, 0) is 4.74 Å². The Morgan fingerprint density at radius 1 is 1.42 bits per heavy atom. The molecule has 0 aliphatic carbocycles. The number of likely N-dealkylation sites (tertiary alicyclic amines) is 1. The van der Waals surface area contributed by atoms with E-state index < -0.39 is 10.5 Å². The molecule has 0 atom stereocenters. The Hall–Kier alpha value is -1.90. The number of piperidine rings is 1. The van der Waals surface area contributed by atoms with Gasteiger partial charge in [0.25, 0.3) is 0 Å². The molecular weight excluding hydrogens is 380 g/mol. The van der Waals surface area contributed by atoms with Gasteiger partial charge in [-0.3, -0.25) is 15.1 Å². The third-order valence-corrected chi connectivity index (χ3v) is 4.17. The number of hydrogen-bond acceptors (Lipinski definition) is 6. The van der Waals surface area contributed by atoms with Crippen molar-refractivity contribution < 1.29 is 14.5 Å². The molecule has 1 aliphatic heterocycles. The molecular formula is C15H21BrN4O4. The van der Waals surface area contributed by atoms with Gasteiger partial charge in [0, 0.05) is 25.3 Å². The standard InChI is InChI=1S/C15H21BrN4O4/c1-15(2,3)24-14(21)19-6-4-10(5-7-19)18-13-11(16)8-17-9-12(13)20(22)23/h8-10H,4-7H2,1-3H3,(H,17,18). The van der Waals surface area contributed by atoms with Crippen LogP contribution in [0.15, 0.2) is 16.9 Å². The number of halogens is 1. The predicted octanol–water partition coefficient (Wildman–Crippen LogP) is 3.56. The second kappa shape index (κ2) is 7.33. The van der Waals surface area contributed by atoms with Crippen LogP contribution in [0.1, 0.15) is 33.6 Å². The maximum Gasteiger partial charge on any atom is 0.410 e. The molecule has 2 rings (SSSR count). The number of rotatable bonds is 3. The normalized spacial score (nSPS) is 15.9. The molecule has 0 bridgehead atoms. The van der Waals surface area contributed by atoms with Crippen LogP contribution in [0.3, 0.4) is 0 Å². The molecule has 132 valence electrons. The number of ether oxygens (including phenoxy) is 1. The van der Waals surface area contributed by atoms with Crippen LogP contribution in [-0.4, -0.2) is 45.6 Å². The van der Waals surface area contributed by atoms with Gasteiger partial charge < -0.3 is 15.0 Å². The molecule has 1 saturated heterocycles. The van der Waals surface area contributed by atoms with Crippen LogP contribution in [0.5, 0.6) is 0 Å². The minimum atomic E-state index is -0.519. The molecule has 1 amide bonds. The largest absolute Gasteiger partial charge is 0.444 e. The van der Waals surface area contributed by atoms with E-state index in [9.17, 15) is 14.9 Å². The van der Waals surface area contributed by atoms with Crippen molar-refractivity contribution in [1.29, 1.82) is 0 Å². The minimum absolute atomic E-state index is 0.0427. The molecule has 0 saturated carbocycles. The van der Waals surface area contributed by atoms with Gasteiger partial charge >= 0.3 is 11.8 Å². The van der Waals surface area contributed by atoms with E-state index in [4.69, 9.17) is 4.74 Å². The first-order valence-corrected chi connectivity index (χ1v) is 8.49. The quantitative estimate of drug-likeness (QED) is 0.614. The summed E-state index contributed by atoms with van der Waals surface area (Å²) >= 11 is 3.30. The maximum atomic E-state index is 12.1.